The average molecular weight is 375 g/mol. The van der Waals surface area contributed by atoms with E-state index in [9.17, 15) is 9.59 Å². The fourth-order valence-electron chi connectivity index (χ4n) is 2.78. The van der Waals surface area contributed by atoms with E-state index in [0.717, 1.165) is 11.1 Å². The van der Waals surface area contributed by atoms with Crippen LogP contribution in [-0.4, -0.2) is 29.3 Å². The summed E-state index contributed by atoms with van der Waals surface area (Å²) < 4.78 is 11.0. The number of hydrogen-bond donors (Lipinski definition) is 2. The Morgan fingerprint density at radius 1 is 1.04 bits per heavy atom. The summed E-state index contributed by atoms with van der Waals surface area (Å²) in [6.45, 7) is 1.05. The van der Waals surface area contributed by atoms with E-state index in [-0.39, 0.29) is 11.5 Å². The molecular weight excluding hydrogens is 358 g/mol. The smallest absolute Gasteiger partial charge is 0.264 e. The molecule has 2 heterocycles. The van der Waals surface area contributed by atoms with Crippen LogP contribution in [0, 0.1) is 0 Å². The second-order valence-corrected chi connectivity index (χ2v) is 6.11. The van der Waals surface area contributed by atoms with Crippen LogP contribution in [0.4, 0.5) is 5.69 Å². The van der Waals surface area contributed by atoms with E-state index >= 15 is 0 Å². The van der Waals surface area contributed by atoms with Crippen LogP contribution in [-0.2, 0) is 4.79 Å². The molecule has 3 aromatic rings. The van der Waals surface area contributed by atoms with E-state index in [0.29, 0.717) is 36.1 Å². The van der Waals surface area contributed by atoms with Crippen LogP contribution in [0.1, 0.15) is 5.56 Å². The van der Waals surface area contributed by atoms with Gasteiger partial charge in [-0.05, 0) is 42.0 Å². The normalized spacial score (nSPS) is 12.7. The van der Waals surface area contributed by atoms with Crippen molar-refractivity contribution in [1.82, 2.24) is 10.2 Å². The molecule has 0 aliphatic carbocycles. The highest BCUT2D eigenvalue weighted by molar-refractivity contribution is 6.02. The number of benzene rings is 2. The van der Waals surface area contributed by atoms with E-state index in [1.165, 1.54) is 12.1 Å². The highest BCUT2D eigenvalue weighted by Gasteiger charge is 2.11. The maximum absolute atomic E-state index is 12.3. The summed E-state index contributed by atoms with van der Waals surface area (Å²) >= 11 is 0. The predicted molar refractivity (Wildman–Crippen MR) is 105 cm³/mol. The van der Waals surface area contributed by atoms with Gasteiger partial charge in [0, 0.05) is 23.4 Å². The molecule has 7 heteroatoms. The van der Waals surface area contributed by atoms with Crippen LogP contribution in [0.3, 0.4) is 0 Å². The molecular formula is C21H17N3O4. The Bertz CT molecular complexity index is 1080. The van der Waals surface area contributed by atoms with E-state index in [1.54, 1.807) is 24.3 Å². The number of nitrogens with zero attached hydrogens (tertiary/aromatic N) is 1. The maximum atomic E-state index is 12.3. The lowest BCUT2D eigenvalue weighted by Crippen LogP contribution is -2.15. The molecule has 2 aromatic carbocycles. The second kappa shape index (κ2) is 7.79. The van der Waals surface area contributed by atoms with Gasteiger partial charge in [0.25, 0.3) is 5.56 Å². The van der Waals surface area contributed by atoms with Crippen molar-refractivity contribution >= 4 is 17.7 Å². The summed E-state index contributed by atoms with van der Waals surface area (Å²) in [6.07, 6.45) is 3.16. The zero-order chi connectivity index (χ0) is 19.3. The van der Waals surface area contributed by atoms with Gasteiger partial charge in [-0.15, -0.1) is 0 Å². The minimum absolute atomic E-state index is 0.263. The quantitative estimate of drug-likeness (QED) is 0.684. The first-order valence-corrected chi connectivity index (χ1v) is 8.72. The van der Waals surface area contributed by atoms with Crippen LogP contribution >= 0.6 is 0 Å². The molecule has 0 saturated heterocycles. The summed E-state index contributed by atoms with van der Waals surface area (Å²) in [4.78, 5) is 23.4. The maximum Gasteiger partial charge on any atom is 0.264 e. The van der Waals surface area contributed by atoms with Crippen molar-refractivity contribution in [3.05, 3.63) is 76.6 Å². The number of H-pyrrole nitrogens is 1. The van der Waals surface area contributed by atoms with Crippen LogP contribution in [0.5, 0.6) is 11.5 Å². The molecule has 0 radical (unpaired) electrons. The summed E-state index contributed by atoms with van der Waals surface area (Å²) in [5.74, 6) is 1.12. The number of nitrogens with one attached hydrogen (secondary N) is 2. The van der Waals surface area contributed by atoms with Gasteiger partial charge >= 0.3 is 0 Å². The second-order valence-electron chi connectivity index (χ2n) is 6.11. The van der Waals surface area contributed by atoms with Crippen LogP contribution in [0.2, 0.25) is 0 Å². The van der Waals surface area contributed by atoms with Gasteiger partial charge in [0.2, 0.25) is 5.91 Å². The van der Waals surface area contributed by atoms with E-state index < -0.39 is 0 Å². The Kier molecular flexibility index (Phi) is 4.88. The zero-order valence-corrected chi connectivity index (χ0v) is 14.8. The Balaban J connectivity index is 1.45. The molecule has 0 saturated carbocycles. The number of carbonyl (C=O) groups is 1. The standard InChI is InChI=1S/C21H17N3O4/c25-20(8-5-14-4-7-18-19(12-14)28-11-10-27-18)22-16-3-1-2-15(13-16)17-6-9-21(26)24-23-17/h1-9,12-13H,10-11H2,(H,22,25)(H,24,26)/b8-5-. The highest BCUT2D eigenvalue weighted by atomic mass is 16.6. The minimum atomic E-state index is -0.266. The first-order chi connectivity index (χ1) is 13.7. The monoisotopic (exact) mass is 375 g/mol. The Hall–Kier alpha value is -3.87. The third-order valence-corrected chi connectivity index (χ3v) is 4.10. The van der Waals surface area contributed by atoms with Crippen LogP contribution < -0.4 is 20.3 Å². The van der Waals surface area contributed by atoms with Gasteiger partial charge in [0.05, 0.1) is 5.69 Å². The summed E-state index contributed by atoms with van der Waals surface area (Å²) in [5.41, 5.74) is 2.60. The lowest BCUT2D eigenvalue weighted by Gasteiger charge is -2.18. The molecule has 0 spiro atoms. The first-order valence-electron chi connectivity index (χ1n) is 8.72. The summed E-state index contributed by atoms with van der Waals surface area (Å²) in [6, 6.07) is 15.8. The predicted octanol–water partition coefficient (Wildman–Crippen LogP) is 2.86. The fourth-order valence-corrected chi connectivity index (χ4v) is 2.78. The SMILES string of the molecule is O=C(/C=C\c1ccc2c(c1)OCCO2)Nc1cccc(-c2ccc(=O)[nH]n2)c1. The molecule has 0 fully saturated rings. The molecule has 7 nitrogen and oxygen atoms in total. The molecule has 2 N–H and O–H groups in total. The average Bonchev–Trinajstić information content (AvgIpc) is 2.73. The van der Waals surface area contributed by atoms with Crippen molar-refractivity contribution in [3.63, 3.8) is 0 Å². The van der Waals surface area contributed by atoms with Gasteiger partial charge in [-0.2, -0.15) is 5.10 Å². The lowest BCUT2D eigenvalue weighted by atomic mass is 10.1. The minimum Gasteiger partial charge on any atom is -0.486 e. The summed E-state index contributed by atoms with van der Waals surface area (Å²) in [7, 11) is 0. The number of rotatable bonds is 4. The number of aromatic amines is 1. The highest BCUT2D eigenvalue weighted by Crippen LogP contribution is 2.31. The largest absolute Gasteiger partial charge is 0.486 e. The van der Waals surface area contributed by atoms with Gasteiger partial charge in [-0.25, -0.2) is 5.10 Å². The number of fused-ring (bicyclic) bond motifs is 1. The number of anilines is 1. The molecule has 28 heavy (non-hydrogen) atoms. The van der Waals surface area contributed by atoms with Crippen molar-refractivity contribution in [1.29, 1.82) is 0 Å². The van der Waals surface area contributed by atoms with Gasteiger partial charge in [-0.1, -0.05) is 18.2 Å². The molecule has 1 aliphatic heterocycles. The van der Waals surface area contributed by atoms with E-state index in [4.69, 9.17) is 9.47 Å². The van der Waals surface area contributed by atoms with Gasteiger partial charge in [-0.3, -0.25) is 9.59 Å². The molecule has 140 valence electrons. The molecule has 0 atom stereocenters. The molecule has 1 aliphatic rings. The molecule has 4 rings (SSSR count). The number of hydrogen-bond acceptors (Lipinski definition) is 5. The van der Waals surface area contributed by atoms with Crippen molar-refractivity contribution in [3.8, 4) is 22.8 Å². The Morgan fingerprint density at radius 3 is 2.71 bits per heavy atom. The number of ether oxygens (including phenoxy) is 2. The zero-order valence-electron chi connectivity index (χ0n) is 14.8. The van der Waals surface area contributed by atoms with E-state index in [2.05, 4.69) is 15.5 Å². The molecule has 1 amide bonds. The Labute approximate surface area is 160 Å². The number of amides is 1. The lowest BCUT2D eigenvalue weighted by molar-refractivity contribution is -0.111. The number of aromatic nitrogens is 2. The van der Waals surface area contributed by atoms with Gasteiger partial charge in [0.15, 0.2) is 11.5 Å². The van der Waals surface area contributed by atoms with E-state index in [1.807, 2.05) is 30.3 Å². The van der Waals surface area contributed by atoms with Crippen LogP contribution in [0.15, 0.2) is 65.5 Å². The third kappa shape index (κ3) is 4.09. The topological polar surface area (TPSA) is 93.3 Å². The molecule has 1 aromatic heterocycles. The first kappa shape index (κ1) is 17.5. The van der Waals surface area contributed by atoms with Gasteiger partial charge < -0.3 is 14.8 Å². The van der Waals surface area contributed by atoms with Crippen molar-refractivity contribution in [2.45, 2.75) is 0 Å². The molecule has 0 bridgehead atoms. The third-order valence-electron chi connectivity index (χ3n) is 4.10. The van der Waals surface area contributed by atoms with Crippen LogP contribution in [0.25, 0.3) is 17.3 Å². The molecule has 0 unspecified atom stereocenters. The Morgan fingerprint density at radius 2 is 1.89 bits per heavy atom. The van der Waals surface area contributed by atoms with Crippen molar-refractivity contribution in [2.24, 2.45) is 0 Å². The van der Waals surface area contributed by atoms with Crippen molar-refractivity contribution < 1.29 is 14.3 Å². The van der Waals surface area contributed by atoms with Gasteiger partial charge in [0.1, 0.15) is 13.2 Å². The fraction of sp³-hybridized carbons (Fsp3) is 0.0952. The number of carbonyl (C=O) groups excluding carboxylic acids is 1. The summed E-state index contributed by atoms with van der Waals surface area (Å²) in [5, 5.41) is 9.20. The van der Waals surface area contributed by atoms with Crippen molar-refractivity contribution in [2.75, 3.05) is 18.5 Å².